The maximum absolute atomic E-state index is 13.4. The number of piperidine rings is 1. The first kappa shape index (κ1) is 24.1. The molecule has 1 N–H and O–H groups in total. The van der Waals surface area contributed by atoms with Gasteiger partial charge in [-0.2, -0.15) is 4.31 Å². The number of benzene rings is 2. The Balaban J connectivity index is 1.57. The van der Waals surface area contributed by atoms with Gasteiger partial charge in [-0.25, -0.2) is 12.8 Å². The zero-order chi connectivity index (χ0) is 23.8. The van der Waals surface area contributed by atoms with Crippen LogP contribution in [0.25, 0.3) is 0 Å². The van der Waals surface area contributed by atoms with Gasteiger partial charge in [0.05, 0.1) is 16.6 Å². The van der Waals surface area contributed by atoms with E-state index in [9.17, 15) is 17.6 Å². The molecule has 4 rings (SSSR count). The van der Waals surface area contributed by atoms with Crippen molar-refractivity contribution < 1.29 is 17.6 Å². The molecule has 0 aromatic heterocycles. The van der Waals surface area contributed by atoms with Gasteiger partial charge in [0.1, 0.15) is 5.82 Å². The summed E-state index contributed by atoms with van der Waals surface area (Å²) in [5.74, 6) is 0.0216. The molecular formula is C24H29ClFN3O3S. The fourth-order valence-electron chi connectivity index (χ4n) is 4.78. The second kappa shape index (κ2) is 9.33. The first-order chi connectivity index (χ1) is 15.6. The number of halogens is 2. The summed E-state index contributed by atoms with van der Waals surface area (Å²) >= 11 is 6.01. The number of hydrogen-bond donors (Lipinski definition) is 1. The van der Waals surface area contributed by atoms with Gasteiger partial charge in [-0.3, -0.25) is 10.1 Å². The van der Waals surface area contributed by atoms with Crippen LogP contribution in [-0.2, 0) is 21.4 Å². The van der Waals surface area contributed by atoms with E-state index in [1.54, 1.807) is 30.3 Å². The Hall–Kier alpha value is -2.00. The van der Waals surface area contributed by atoms with E-state index in [0.717, 1.165) is 5.56 Å². The topological polar surface area (TPSA) is 69.7 Å². The lowest BCUT2D eigenvalue weighted by Gasteiger charge is -2.44. The van der Waals surface area contributed by atoms with Crippen molar-refractivity contribution in [2.45, 2.75) is 56.3 Å². The van der Waals surface area contributed by atoms with Gasteiger partial charge in [-0.1, -0.05) is 43.6 Å². The van der Waals surface area contributed by atoms with Crippen LogP contribution in [0.1, 0.15) is 38.7 Å². The minimum Gasteiger partial charge on any atom is -0.319 e. The molecule has 2 saturated heterocycles. The van der Waals surface area contributed by atoms with Crippen molar-refractivity contribution in [1.29, 1.82) is 0 Å². The van der Waals surface area contributed by atoms with Crippen LogP contribution in [-0.4, -0.2) is 48.3 Å². The number of rotatable bonds is 6. The average molecular weight is 494 g/mol. The lowest BCUT2D eigenvalue weighted by atomic mass is 9.96. The summed E-state index contributed by atoms with van der Waals surface area (Å²) in [6, 6.07) is 12.1. The normalized spacial score (nSPS) is 21.3. The van der Waals surface area contributed by atoms with E-state index in [-0.39, 0.29) is 35.8 Å². The summed E-state index contributed by atoms with van der Waals surface area (Å²) in [6.07, 6.45) is 1.63. The number of sulfonamides is 1. The summed E-state index contributed by atoms with van der Waals surface area (Å²) in [6.45, 7) is 5.06. The third-order valence-electron chi connectivity index (χ3n) is 6.47. The highest BCUT2D eigenvalue weighted by Gasteiger charge is 2.52. The molecule has 33 heavy (non-hydrogen) atoms. The second-order valence-electron chi connectivity index (χ2n) is 9.27. The minimum absolute atomic E-state index is 0.0131. The smallest absolute Gasteiger partial charge is 0.243 e. The minimum atomic E-state index is -3.68. The van der Waals surface area contributed by atoms with Gasteiger partial charge in [0, 0.05) is 24.7 Å². The quantitative estimate of drug-likeness (QED) is 0.660. The van der Waals surface area contributed by atoms with Crippen LogP contribution < -0.4 is 5.32 Å². The van der Waals surface area contributed by atoms with Crippen molar-refractivity contribution >= 4 is 27.5 Å². The number of amides is 1. The van der Waals surface area contributed by atoms with Crippen molar-refractivity contribution in [3.05, 3.63) is 64.9 Å². The monoisotopic (exact) mass is 493 g/mol. The van der Waals surface area contributed by atoms with Crippen LogP contribution >= 0.6 is 11.6 Å². The Kier molecular flexibility index (Phi) is 6.82. The number of carbonyl (C=O) groups is 1. The van der Waals surface area contributed by atoms with E-state index >= 15 is 0 Å². The Morgan fingerprint density at radius 2 is 1.82 bits per heavy atom. The molecule has 1 unspecified atom stereocenters. The van der Waals surface area contributed by atoms with Crippen LogP contribution in [0.5, 0.6) is 0 Å². The zero-order valence-electron chi connectivity index (χ0n) is 18.8. The summed E-state index contributed by atoms with van der Waals surface area (Å²) in [5.41, 5.74) is 0.205. The molecule has 2 heterocycles. The largest absolute Gasteiger partial charge is 0.319 e. The van der Waals surface area contributed by atoms with E-state index < -0.39 is 15.7 Å². The van der Waals surface area contributed by atoms with E-state index in [1.807, 2.05) is 4.90 Å². The molecule has 2 aromatic rings. The molecule has 1 spiro atoms. The van der Waals surface area contributed by atoms with E-state index in [2.05, 4.69) is 19.2 Å². The highest BCUT2D eigenvalue weighted by molar-refractivity contribution is 7.89. The predicted octanol–water partition coefficient (Wildman–Crippen LogP) is 4.01. The number of carbonyl (C=O) groups excluding carboxylic acids is 1. The highest BCUT2D eigenvalue weighted by Crippen LogP contribution is 2.37. The molecule has 9 heteroatoms. The van der Waals surface area contributed by atoms with Crippen molar-refractivity contribution in [2.24, 2.45) is 5.92 Å². The molecule has 6 nitrogen and oxygen atoms in total. The third-order valence-corrected chi connectivity index (χ3v) is 8.60. The lowest BCUT2D eigenvalue weighted by molar-refractivity contribution is -0.134. The summed E-state index contributed by atoms with van der Waals surface area (Å²) in [4.78, 5) is 15.4. The highest BCUT2D eigenvalue weighted by atomic mass is 35.5. The van der Waals surface area contributed by atoms with Gasteiger partial charge in [-0.15, -0.1) is 0 Å². The summed E-state index contributed by atoms with van der Waals surface area (Å²) in [7, 11) is -3.68. The van der Waals surface area contributed by atoms with E-state index in [0.29, 0.717) is 36.7 Å². The van der Waals surface area contributed by atoms with Gasteiger partial charge >= 0.3 is 0 Å². The van der Waals surface area contributed by atoms with Gasteiger partial charge in [0.25, 0.3) is 0 Å². The first-order valence-corrected chi connectivity index (χ1v) is 13.0. The van der Waals surface area contributed by atoms with E-state index in [4.69, 9.17) is 11.6 Å². The molecule has 0 saturated carbocycles. The Labute approximate surface area is 199 Å². The predicted molar refractivity (Wildman–Crippen MR) is 126 cm³/mol. The molecule has 178 valence electrons. The number of hydrogen-bond acceptors (Lipinski definition) is 4. The Morgan fingerprint density at radius 3 is 2.42 bits per heavy atom. The van der Waals surface area contributed by atoms with Crippen LogP contribution in [0.15, 0.2) is 53.4 Å². The second-order valence-corrected chi connectivity index (χ2v) is 11.6. The number of nitrogens with one attached hydrogen (secondary N) is 1. The van der Waals surface area contributed by atoms with Crippen molar-refractivity contribution in [3.8, 4) is 0 Å². The Morgan fingerprint density at radius 1 is 1.15 bits per heavy atom. The average Bonchev–Trinajstić information content (AvgIpc) is 3.00. The lowest BCUT2D eigenvalue weighted by Crippen LogP contribution is -2.59. The number of nitrogens with zero attached hydrogens (tertiary/aromatic N) is 2. The standard InChI is InChI=1S/C24H29ClFN3O3S/c1-17(2)14-22-23(30)29(16-18-6-8-20(26)9-7-18)24(27-22)10-12-28(13-11-24)33(31,32)21-5-3-4-19(25)15-21/h3-9,15,17,22,27H,10-14,16H2,1-2H3. The van der Waals surface area contributed by atoms with Crippen LogP contribution in [0, 0.1) is 11.7 Å². The van der Waals surface area contributed by atoms with Crippen molar-refractivity contribution in [1.82, 2.24) is 14.5 Å². The summed E-state index contributed by atoms with van der Waals surface area (Å²) < 4.78 is 41.2. The molecule has 2 aliphatic heterocycles. The Bertz CT molecular complexity index is 1120. The molecule has 0 radical (unpaired) electrons. The molecule has 0 aliphatic carbocycles. The SMILES string of the molecule is CC(C)CC1NC2(CCN(S(=O)(=O)c3cccc(Cl)c3)CC2)N(Cc2ccc(F)cc2)C1=O. The van der Waals surface area contributed by atoms with Crippen LogP contribution in [0.2, 0.25) is 5.02 Å². The van der Waals surface area contributed by atoms with Crippen molar-refractivity contribution in [2.75, 3.05) is 13.1 Å². The maximum atomic E-state index is 13.4. The van der Waals surface area contributed by atoms with Gasteiger partial charge in [-0.05, 0) is 61.1 Å². The molecular weight excluding hydrogens is 465 g/mol. The van der Waals surface area contributed by atoms with E-state index in [1.165, 1.54) is 22.5 Å². The van der Waals surface area contributed by atoms with Gasteiger partial charge in [0.2, 0.25) is 15.9 Å². The molecule has 1 atom stereocenters. The molecule has 1 amide bonds. The maximum Gasteiger partial charge on any atom is 0.243 e. The molecule has 2 fully saturated rings. The van der Waals surface area contributed by atoms with Crippen LogP contribution in [0.3, 0.4) is 0 Å². The summed E-state index contributed by atoms with van der Waals surface area (Å²) in [5, 5.41) is 3.92. The molecule has 0 bridgehead atoms. The van der Waals surface area contributed by atoms with Crippen LogP contribution in [0.4, 0.5) is 4.39 Å². The third kappa shape index (κ3) is 4.94. The molecule has 2 aliphatic rings. The van der Waals surface area contributed by atoms with Gasteiger partial charge in [0.15, 0.2) is 0 Å². The fourth-order valence-corrected chi connectivity index (χ4v) is 6.53. The van der Waals surface area contributed by atoms with Crippen molar-refractivity contribution in [3.63, 3.8) is 0 Å². The fraction of sp³-hybridized carbons (Fsp3) is 0.458. The first-order valence-electron chi connectivity index (χ1n) is 11.2. The van der Waals surface area contributed by atoms with Gasteiger partial charge < -0.3 is 4.90 Å². The zero-order valence-corrected chi connectivity index (χ0v) is 20.4. The molecule has 2 aromatic carbocycles.